The van der Waals surface area contributed by atoms with Gasteiger partial charge in [-0.2, -0.15) is 4.98 Å². The Kier molecular flexibility index (Phi) is 2.55. The molecule has 0 aliphatic carbocycles. The summed E-state index contributed by atoms with van der Waals surface area (Å²) in [4.78, 5) is 17.8. The zero-order valence-corrected chi connectivity index (χ0v) is 11.2. The lowest BCUT2D eigenvalue weighted by atomic mass is 10.1. The van der Waals surface area contributed by atoms with E-state index in [0.29, 0.717) is 12.4 Å². The van der Waals surface area contributed by atoms with Crippen LogP contribution < -0.4 is 10.2 Å². The molecular weight excluding hydrogens is 242 g/mol. The lowest BCUT2D eigenvalue weighted by Crippen LogP contribution is -2.20. The molecule has 98 valence electrons. The van der Waals surface area contributed by atoms with Crippen molar-refractivity contribution in [2.24, 2.45) is 0 Å². The second-order valence-electron chi connectivity index (χ2n) is 4.65. The molecule has 1 aromatic heterocycles. The topological polar surface area (TPSA) is 58.4 Å². The predicted molar refractivity (Wildman–Crippen MR) is 73.3 cm³/mol. The molecule has 0 bridgehead atoms. The fourth-order valence-electron chi connectivity index (χ4n) is 2.39. The maximum atomic E-state index is 11.7. The standard InChI is InChI=1S/C14H15N3O2/c1-8-13(16-14(15-2)19-8)9-4-5-11-10(6-9)7-12(18)17(11)3/h4-6H,7H2,1-3H3,(H,15,16). The number of aryl methyl sites for hydroxylation is 1. The second-order valence-corrected chi connectivity index (χ2v) is 4.65. The lowest BCUT2D eigenvalue weighted by Gasteiger charge is -2.09. The van der Waals surface area contributed by atoms with Gasteiger partial charge in [-0.3, -0.25) is 4.79 Å². The Labute approximate surface area is 111 Å². The Hall–Kier alpha value is -2.30. The lowest BCUT2D eigenvalue weighted by molar-refractivity contribution is -0.117. The Morgan fingerprint density at radius 1 is 1.42 bits per heavy atom. The number of aromatic nitrogens is 1. The van der Waals surface area contributed by atoms with Crippen LogP contribution >= 0.6 is 0 Å². The molecule has 0 fully saturated rings. The van der Waals surface area contributed by atoms with Gasteiger partial charge in [-0.25, -0.2) is 0 Å². The van der Waals surface area contributed by atoms with E-state index in [4.69, 9.17) is 4.42 Å². The summed E-state index contributed by atoms with van der Waals surface area (Å²) >= 11 is 0. The number of amides is 1. The van der Waals surface area contributed by atoms with E-state index in [0.717, 1.165) is 28.3 Å². The van der Waals surface area contributed by atoms with Crippen molar-refractivity contribution in [3.63, 3.8) is 0 Å². The van der Waals surface area contributed by atoms with Gasteiger partial charge in [0.25, 0.3) is 6.01 Å². The maximum Gasteiger partial charge on any atom is 0.295 e. The number of nitrogens with one attached hydrogen (secondary N) is 1. The van der Waals surface area contributed by atoms with Crippen molar-refractivity contribution in [2.75, 3.05) is 24.3 Å². The minimum atomic E-state index is 0.125. The highest BCUT2D eigenvalue weighted by Gasteiger charge is 2.24. The molecule has 19 heavy (non-hydrogen) atoms. The third kappa shape index (κ3) is 1.78. The summed E-state index contributed by atoms with van der Waals surface area (Å²) in [6.45, 7) is 1.88. The van der Waals surface area contributed by atoms with Gasteiger partial charge >= 0.3 is 0 Å². The zero-order chi connectivity index (χ0) is 13.6. The molecule has 0 unspecified atom stereocenters. The van der Waals surface area contributed by atoms with Crippen LogP contribution in [0.3, 0.4) is 0 Å². The van der Waals surface area contributed by atoms with Gasteiger partial charge in [0.15, 0.2) is 0 Å². The van der Waals surface area contributed by atoms with Crippen LogP contribution in [-0.4, -0.2) is 25.0 Å². The van der Waals surface area contributed by atoms with E-state index >= 15 is 0 Å². The van der Waals surface area contributed by atoms with E-state index in [1.165, 1.54) is 0 Å². The first-order valence-corrected chi connectivity index (χ1v) is 6.15. The molecule has 1 aliphatic heterocycles. The van der Waals surface area contributed by atoms with Crippen LogP contribution in [0.4, 0.5) is 11.7 Å². The van der Waals surface area contributed by atoms with Gasteiger partial charge in [0, 0.05) is 25.3 Å². The number of anilines is 2. The molecule has 5 heteroatoms. The first kappa shape index (κ1) is 11.8. The summed E-state index contributed by atoms with van der Waals surface area (Å²) in [5, 5.41) is 2.88. The first-order chi connectivity index (χ1) is 9.10. The SMILES string of the molecule is CNc1nc(-c2ccc3c(c2)CC(=O)N3C)c(C)o1. The van der Waals surface area contributed by atoms with Gasteiger partial charge in [0.1, 0.15) is 11.5 Å². The molecule has 0 saturated carbocycles. The largest absolute Gasteiger partial charge is 0.428 e. The van der Waals surface area contributed by atoms with Crippen LogP contribution in [0.2, 0.25) is 0 Å². The predicted octanol–water partition coefficient (Wildman–Crippen LogP) is 2.21. The van der Waals surface area contributed by atoms with Gasteiger partial charge in [0.05, 0.1) is 6.42 Å². The van der Waals surface area contributed by atoms with Crippen molar-refractivity contribution in [2.45, 2.75) is 13.3 Å². The number of fused-ring (bicyclic) bond motifs is 1. The third-order valence-corrected chi connectivity index (χ3v) is 3.44. The minimum absolute atomic E-state index is 0.125. The molecule has 1 aliphatic rings. The van der Waals surface area contributed by atoms with E-state index in [1.807, 2.05) is 25.1 Å². The molecule has 0 saturated heterocycles. The molecule has 1 aromatic carbocycles. The number of carbonyl (C=O) groups is 1. The number of nitrogens with zero attached hydrogens (tertiary/aromatic N) is 2. The van der Waals surface area contributed by atoms with Gasteiger partial charge in [-0.05, 0) is 24.6 Å². The molecule has 1 N–H and O–H groups in total. The van der Waals surface area contributed by atoms with E-state index in [9.17, 15) is 4.79 Å². The van der Waals surface area contributed by atoms with Gasteiger partial charge < -0.3 is 14.6 Å². The summed E-state index contributed by atoms with van der Waals surface area (Å²) in [5.41, 5.74) is 3.81. The number of oxazole rings is 1. The normalized spacial score (nSPS) is 13.8. The number of carbonyl (C=O) groups excluding carboxylic acids is 1. The minimum Gasteiger partial charge on any atom is -0.428 e. The van der Waals surface area contributed by atoms with Crippen LogP contribution in [0.5, 0.6) is 0 Å². The summed E-state index contributed by atoms with van der Waals surface area (Å²) in [6, 6.07) is 6.45. The van der Waals surface area contributed by atoms with Crippen LogP contribution in [0, 0.1) is 6.92 Å². The van der Waals surface area contributed by atoms with Crippen molar-refractivity contribution < 1.29 is 9.21 Å². The third-order valence-electron chi connectivity index (χ3n) is 3.44. The molecule has 0 atom stereocenters. The Morgan fingerprint density at radius 2 is 2.21 bits per heavy atom. The maximum absolute atomic E-state index is 11.7. The number of rotatable bonds is 2. The number of likely N-dealkylation sites (N-methyl/N-ethyl adjacent to an activating group) is 1. The molecule has 2 heterocycles. The summed E-state index contributed by atoms with van der Waals surface area (Å²) in [7, 11) is 3.57. The average Bonchev–Trinajstić information content (AvgIpc) is 2.91. The number of benzene rings is 1. The Balaban J connectivity index is 2.06. The van der Waals surface area contributed by atoms with Crippen molar-refractivity contribution in [3.8, 4) is 11.3 Å². The van der Waals surface area contributed by atoms with Crippen LogP contribution in [0.1, 0.15) is 11.3 Å². The zero-order valence-electron chi connectivity index (χ0n) is 11.2. The number of hydrogen-bond acceptors (Lipinski definition) is 4. The smallest absolute Gasteiger partial charge is 0.295 e. The van der Waals surface area contributed by atoms with Crippen LogP contribution in [0.15, 0.2) is 22.6 Å². The highest BCUT2D eigenvalue weighted by molar-refractivity contribution is 6.01. The van der Waals surface area contributed by atoms with Gasteiger partial charge in [-0.15, -0.1) is 0 Å². The Bertz CT molecular complexity index is 661. The molecule has 1 amide bonds. The second kappa shape index (κ2) is 4.12. The quantitative estimate of drug-likeness (QED) is 0.896. The van der Waals surface area contributed by atoms with Gasteiger partial charge in [-0.1, -0.05) is 6.07 Å². The average molecular weight is 257 g/mol. The molecule has 0 radical (unpaired) electrons. The van der Waals surface area contributed by atoms with Crippen molar-refractivity contribution in [3.05, 3.63) is 29.5 Å². The molecule has 0 spiro atoms. The van der Waals surface area contributed by atoms with E-state index in [1.54, 1.807) is 19.0 Å². The summed E-state index contributed by atoms with van der Waals surface area (Å²) in [5.74, 6) is 0.891. The van der Waals surface area contributed by atoms with Crippen molar-refractivity contribution in [1.82, 2.24) is 4.98 Å². The van der Waals surface area contributed by atoms with Crippen LogP contribution in [-0.2, 0) is 11.2 Å². The van der Waals surface area contributed by atoms with Gasteiger partial charge in [0.2, 0.25) is 5.91 Å². The monoisotopic (exact) mass is 257 g/mol. The van der Waals surface area contributed by atoms with E-state index in [2.05, 4.69) is 10.3 Å². The Morgan fingerprint density at radius 3 is 2.89 bits per heavy atom. The van der Waals surface area contributed by atoms with Crippen LogP contribution in [0.25, 0.3) is 11.3 Å². The highest BCUT2D eigenvalue weighted by atomic mass is 16.4. The fourth-order valence-corrected chi connectivity index (χ4v) is 2.39. The first-order valence-electron chi connectivity index (χ1n) is 6.15. The summed E-state index contributed by atoms with van der Waals surface area (Å²) in [6.07, 6.45) is 0.454. The highest BCUT2D eigenvalue weighted by Crippen LogP contribution is 2.33. The molecule has 3 rings (SSSR count). The summed E-state index contributed by atoms with van der Waals surface area (Å²) < 4.78 is 5.48. The number of hydrogen-bond donors (Lipinski definition) is 1. The molecule has 5 nitrogen and oxygen atoms in total. The van der Waals surface area contributed by atoms with Crippen molar-refractivity contribution >= 4 is 17.6 Å². The van der Waals surface area contributed by atoms with Crippen molar-refractivity contribution in [1.29, 1.82) is 0 Å². The van der Waals surface area contributed by atoms with E-state index < -0.39 is 0 Å². The molecular formula is C14H15N3O2. The fraction of sp³-hybridized carbons (Fsp3) is 0.286. The van der Waals surface area contributed by atoms with E-state index in [-0.39, 0.29) is 5.91 Å². The molecule has 2 aromatic rings.